The molecule has 0 spiro atoms. The second kappa shape index (κ2) is 6.44. The summed E-state index contributed by atoms with van der Waals surface area (Å²) in [5.74, 6) is -0.395. The van der Waals surface area contributed by atoms with Gasteiger partial charge < -0.3 is 15.0 Å². The third-order valence-corrected chi connectivity index (χ3v) is 3.78. The van der Waals surface area contributed by atoms with Crippen molar-refractivity contribution in [1.82, 2.24) is 10.2 Å². The lowest BCUT2D eigenvalue weighted by Gasteiger charge is -2.45. The molecule has 0 aromatic heterocycles. The van der Waals surface area contributed by atoms with Crippen molar-refractivity contribution in [3.05, 3.63) is 47.2 Å². The third-order valence-electron chi connectivity index (χ3n) is 3.78. The summed E-state index contributed by atoms with van der Waals surface area (Å²) in [4.78, 5) is 26.8. The van der Waals surface area contributed by atoms with Gasteiger partial charge in [-0.2, -0.15) is 0 Å². The van der Waals surface area contributed by atoms with Crippen LogP contribution in [0, 0.1) is 0 Å². The Hall–Kier alpha value is -2.30. The van der Waals surface area contributed by atoms with Crippen LogP contribution in [-0.4, -0.2) is 29.0 Å². The number of allylic oxidation sites excluding steroid dienone is 1. The van der Waals surface area contributed by atoms with Crippen LogP contribution in [0.25, 0.3) is 0 Å². The van der Waals surface area contributed by atoms with E-state index >= 15 is 0 Å². The van der Waals surface area contributed by atoms with Gasteiger partial charge in [0.15, 0.2) is 0 Å². The number of carbonyl (C=O) groups is 2. The molecule has 0 saturated carbocycles. The standard InChI is InChI=1S/C18H24N2O3/c1-6-23-16(21)14-12(2)19-17(22)20(18(3,4)5)15(14)13-10-8-7-9-11-13/h7-11,15H,6H2,1-5H3,(H,19,22). The van der Waals surface area contributed by atoms with Crippen LogP contribution < -0.4 is 5.32 Å². The highest BCUT2D eigenvalue weighted by Crippen LogP contribution is 2.38. The summed E-state index contributed by atoms with van der Waals surface area (Å²) in [5, 5.41) is 2.79. The Morgan fingerprint density at radius 2 is 1.87 bits per heavy atom. The number of hydrogen-bond acceptors (Lipinski definition) is 3. The number of esters is 1. The number of ether oxygens (including phenoxy) is 1. The fraction of sp³-hybridized carbons (Fsp3) is 0.444. The lowest BCUT2D eigenvalue weighted by Crippen LogP contribution is -2.56. The molecule has 124 valence electrons. The molecule has 5 nitrogen and oxygen atoms in total. The lowest BCUT2D eigenvalue weighted by atomic mass is 9.90. The number of carbonyl (C=O) groups excluding carboxylic acids is 2. The van der Waals surface area contributed by atoms with Gasteiger partial charge in [0, 0.05) is 11.2 Å². The van der Waals surface area contributed by atoms with E-state index in [4.69, 9.17) is 4.74 Å². The van der Waals surface area contributed by atoms with E-state index in [0.29, 0.717) is 17.9 Å². The molecule has 0 aliphatic carbocycles. The molecule has 0 saturated heterocycles. The maximum absolute atomic E-state index is 12.6. The first-order valence-electron chi connectivity index (χ1n) is 7.80. The molecule has 23 heavy (non-hydrogen) atoms. The first kappa shape index (κ1) is 17.1. The number of rotatable bonds is 3. The summed E-state index contributed by atoms with van der Waals surface area (Å²) < 4.78 is 5.22. The van der Waals surface area contributed by atoms with Crippen molar-refractivity contribution in [3.8, 4) is 0 Å². The summed E-state index contributed by atoms with van der Waals surface area (Å²) in [7, 11) is 0. The Bertz CT molecular complexity index is 629. The van der Waals surface area contributed by atoms with E-state index in [9.17, 15) is 9.59 Å². The van der Waals surface area contributed by atoms with E-state index in [1.54, 1.807) is 18.7 Å². The molecule has 1 heterocycles. The second-order valence-corrected chi connectivity index (χ2v) is 6.54. The van der Waals surface area contributed by atoms with Gasteiger partial charge in [-0.3, -0.25) is 0 Å². The SMILES string of the molecule is CCOC(=O)C1=C(C)NC(=O)N(C(C)(C)C)C1c1ccccc1. The molecule has 1 aliphatic heterocycles. The first-order valence-corrected chi connectivity index (χ1v) is 7.80. The van der Waals surface area contributed by atoms with Crippen molar-refractivity contribution < 1.29 is 14.3 Å². The topological polar surface area (TPSA) is 58.6 Å². The van der Waals surface area contributed by atoms with Crippen LogP contribution in [0.1, 0.15) is 46.2 Å². The molecule has 1 atom stereocenters. The van der Waals surface area contributed by atoms with Crippen molar-refractivity contribution in [2.45, 2.75) is 46.2 Å². The Kier molecular flexibility index (Phi) is 4.78. The average molecular weight is 316 g/mol. The monoisotopic (exact) mass is 316 g/mol. The normalized spacial score (nSPS) is 18.7. The molecular formula is C18H24N2O3. The van der Waals surface area contributed by atoms with Crippen LogP contribution >= 0.6 is 0 Å². The molecule has 0 fully saturated rings. The van der Waals surface area contributed by atoms with Crippen LogP contribution in [0.3, 0.4) is 0 Å². The van der Waals surface area contributed by atoms with E-state index in [0.717, 1.165) is 5.56 Å². The van der Waals surface area contributed by atoms with Crippen LogP contribution in [0.5, 0.6) is 0 Å². The van der Waals surface area contributed by atoms with Gasteiger partial charge in [0.05, 0.1) is 18.2 Å². The number of urea groups is 1. The maximum atomic E-state index is 12.6. The fourth-order valence-electron chi connectivity index (χ4n) is 2.86. The number of amides is 2. The molecule has 0 radical (unpaired) electrons. The molecule has 5 heteroatoms. The Balaban J connectivity index is 2.63. The van der Waals surface area contributed by atoms with Crippen LogP contribution in [0.4, 0.5) is 4.79 Å². The smallest absolute Gasteiger partial charge is 0.338 e. The molecule has 1 aromatic rings. The first-order chi connectivity index (χ1) is 10.8. The van der Waals surface area contributed by atoms with E-state index in [-0.39, 0.29) is 6.03 Å². The van der Waals surface area contributed by atoms with Crippen molar-refractivity contribution in [1.29, 1.82) is 0 Å². The zero-order valence-corrected chi connectivity index (χ0v) is 14.3. The van der Waals surface area contributed by atoms with Crippen LogP contribution in [0.2, 0.25) is 0 Å². The van der Waals surface area contributed by atoms with Crippen molar-refractivity contribution in [3.63, 3.8) is 0 Å². The second-order valence-electron chi connectivity index (χ2n) is 6.54. The van der Waals surface area contributed by atoms with Gasteiger partial charge in [0.25, 0.3) is 0 Å². The minimum Gasteiger partial charge on any atom is -0.463 e. The molecule has 2 amide bonds. The van der Waals surface area contributed by atoms with E-state index in [1.165, 1.54) is 0 Å². The molecule has 2 rings (SSSR count). The summed E-state index contributed by atoms with van der Waals surface area (Å²) in [6.07, 6.45) is 0. The van der Waals surface area contributed by atoms with Gasteiger partial charge in [-0.15, -0.1) is 0 Å². The number of hydrogen-bond donors (Lipinski definition) is 1. The average Bonchev–Trinajstić information content (AvgIpc) is 2.46. The summed E-state index contributed by atoms with van der Waals surface area (Å²) >= 11 is 0. The Morgan fingerprint density at radius 1 is 1.26 bits per heavy atom. The van der Waals surface area contributed by atoms with Gasteiger partial charge in [0.1, 0.15) is 0 Å². The highest BCUT2D eigenvalue weighted by atomic mass is 16.5. The van der Waals surface area contributed by atoms with Gasteiger partial charge in [0.2, 0.25) is 0 Å². The zero-order valence-electron chi connectivity index (χ0n) is 14.3. The Labute approximate surface area is 137 Å². The van der Waals surface area contributed by atoms with Crippen LogP contribution in [0.15, 0.2) is 41.6 Å². The quantitative estimate of drug-likeness (QED) is 0.870. The van der Waals surface area contributed by atoms with Crippen LogP contribution in [-0.2, 0) is 9.53 Å². The van der Waals surface area contributed by atoms with Gasteiger partial charge >= 0.3 is 12.0 Å². The van der Waals surface area contributed by atoms with Gasteiger partial charge in [-0.05, 0) is 40.2 Å². The molecule has 1 aromatic carbocycles. The molecule has 0 bridgehead atoms. The molecule has 1 aliphatic rings. The molecule has 1 unspecified atom stereocenters. The number of benzene rings is 1. The van der Waals surface area contributed by atoms with Crippen molar-refractivity contribution in [2.75, 3.05) is 6.61 Å². The van der Waals surface area contributed by atoms with E-state index in [1.807, 2.05) is 51.1 Å². The van der Waals surface area contributed by atoms with E-state index in [2.05, 4.69) is 5.32 Å². The minimum atomic E-state index is -0.469. The summed E-state index contributed by atoms with van der Waals surface area (Å²) in [6, 6.07) is 8.89. The zero-order chi connectivity index (χ0) is 17.2. The summed E-state index contributed by atoms with van der Waals surface area (Å²) in [6.45, 7) is 9.65. The predicted octanol–water partition coefficient (Wildman–Crippen LogP) is 3.39. The number of nitrogens with one attached hydrogen (secondary N) is 1. The molecular weight excluding hydrogens is 292 g/mol. The predicted molar refractivity (Wildman–Crippen MR) is 88.6 cm³/mol. The lowest BCUT2D eigenvalue weighted by molar-refractivity contribution is -0.139. The third kappa shape index (κ3) is 3.38. The van der Waals surface area contributed by atoms with E-state index < -0.39 is 17.6 Å². The Morgan fingerprint density at radius 3 is 2.39 bits per heavy atom. The fourth-order valence-corrected chi connectivity index (χ4v) is 2.86. The highest BCUT2D eigenvalue weighted by Gasteiger charge is 2.43. The van der Waals surface area contributed by atoms with Gasteiger partial charge in [-0.25, -0.2) is 9.59 Å². The van der Waals surface area contributed by atoms with Crippen molar-refractivity contribution in [2.24, 2.45) is 0 Å². The maximum Gasteiger partial charge on any atom is 0.338 e. The van der Waals surface area contributed by atoms with Crippen molar-refractivity contribution >= 4 is 12.0 Å². The molecule has 1 N–H and O–H groups in total. The number of nitrogens with zero attached hydrogens (tertiary/aromatic N) is 1. The summed E-state index contributed by atoms with van der Waals surface area (Å²) in [5.41, 5.74) is 1.46. The largest absolute Gasteiger partial charge is 0.463 e. The highest BCUT2D eigenvalue weighted by molar-refractivity contribution is 5.95. The minimum absolute atomic E-state index is 0.211. The van der Waals surface area contributed by atoms with Gasteiger partial charge in [-0.1, -0.05) is 30.3 Å².